The lowest BCUT2D eigenvalue weighted by Gasteiger charge is -2.11. The number of nitrogens with one attached hydrogen (secondary N) is 1. The zero-order valence-electron chi connectivity index (χ0n) is 11.1. The molecule has 0 atom stereocenters. The van der Waals surface area contributed by atoms with Crippen molar-refractivity contribution >= 4 is 22.9 Å². The predicted molar refractivity (Wildman–Crippen MR) is 80.3 cm³/mol. The average molecular weight is 275 g/mol. The highest BCUT2D eigenvalue weighted by Gasteiger charge is 2.05. The van der Waals surface area contributed by atoms with Gasteiger partial charge in [0, 0.05) is 31.3 Å². The van der Waals surface area contributed by atoms with Gasteiger partial charge in [-0.1, -0.05) is 18.3 Å². The van der Waals surface area contributed by atoms with Crippen LogP contribution in [-0.2, 0) is 13.5 Å². The smallest absolute Gasteiger partial charge is 0.152 e. The fourth-order valence-electron chi connectivity index (χ4n) is 1.83. The second kappa shape index (κ2) is 5.79. The SMILES string of the molecule is Cc1ccc(C(N)=S)c(NCCc2ncn(C)n2)c1. The first kappa shape index (κ1) is 13.5. The number of thiocarbonyl (C=S) groups is 1. The first-order valence-electron chi connectivity index (χ1n) is 6.05. The lowest BCUT2D eigenvalue weighted by molar-refractivity contribution is 0.742. The van der Waals surface area contributed by atoms with Crippen molar-refractivity contribution in [3.8, 4) is 0 Å². The number of nitrogens with zero attached hydrogens (tertiary/aromatic N) is 3. The average Bonchev–Trinajstić information content (AvgIpc) is 2.75. The normalized spacial score (nSPS) is 10.4. The molecule has 2 aromatic rings. The van der Waals surface area contributed by atoms with Gasteiger partial charge in [0.2, 0.25) is 0 Å². The molecule has 0 radical (unpaired) electrons. The Morgan fingerprint density at radius 2 is 2.26 bits per heavy atom. The van der Waals surface area contributed by atoms with Gasteiger partial charge in [-0.25, -0.2) is 4.98 Å². The van der Waals surface area contributed by atoms with Crippen molar-refractivity contribution < 1.29 is 0 Å². The molecular weight excluding hydrogens is 258 g/mol. The molecule has 19 heavy (non-hydrogen) atoms. The third kappa shape index (κ3) is 3.51. The van der Waals surface area contributed by atoms with Gasteiger partial charge in [-0.05, 0) is 24.6 Å². The minimum atomic E-state index is 0.401. The van der Waals surface area contributed by atoms with E-state index >= 15 is 0 Å². The first-order chi connectivity index (χ1) is 9.06. The number of aryl methyl sites for hydroxylation is 2. The molecule has 0 saturated heterocycles. The lowest BCUT2D eigenvalue weighted by atomic mass is 10.1. The summed E-state index contributed by atoms with van der Waals surface area (Å²) in [6.45, 7) is 2.78. The number of hydrogen-bond donors (Lipinski definition) is 2. The molecule has 0 fully saturated rings. The highest BCUT2D eigenvalue weighted by molar-refractivity contribution is 7.80. The number of aromatic nitrogens is 3. The van der Waals surface area contributed by atoms with Gasteiger partial charge in [0.1, 0.15) is 11.3 Å². The van der Waals surface area contributed by atoms with E-state index in [9.17, 15) is 0 Å². The van der Waals surface area contributed by atoms with Crippen LogP contribution < -0.4 is 11.1 Å². The van der Waals surface area contributed by atoms with E-state index in [1.54, 1.807) is 11.0 Å². The molecule has 1 aromatic heterocycles. The Morgan fingerprint density at radius 3 is 2.89 bits per heavy atom. The molecule has 0 aliphatic carbocycles. The quantitative estimate of drug-likeness (QED) is 0.808. The van der Waals surface area contributed by atoms with Crippen molar-refractivity contribution in [3.63, 3.8) is 0 Å². The van der Waals surface area contributed by atoms with Crippen molar-refractivity contribution in [2.75, 3.05) is 11.9 Å². The maximum atomic E-state index is 5.71. The molecule has 100 valence electrons. The van der Waals surface area contributed by atoms with Crippen LogP contribution in [0, 0.1) is 6.92 Å². The second-order valence-corrected chi connectivity index (χ2v) is 4.86. The van der Waals surface area contributed by atoms with Gasteiger partial charge in [0.05, 0.1) is 0 Å². The molecule has 0 spiro atoms. The molecule has 0 bridgehead atoms. The van der Waals surface area contributed by atoms with E-state index in [0.717, 1.165) is 30.0 Å². The molecule has 0 unspecified atom stereocenters. The largest absolute Gasteiger partial charge is 0.389 e. The molecule has 0 aliphatic heterocycles. The summed E-state index contributed by atoms with van der Waals surface area (Å²) >= 11 is 5.05. The van der Waals surface area contributed by atoms with Crippen LogP contribution in [0.25, 0.3) is 0 Å². The van der Waals surface area contributed by atoms with E-state index in [0.29, 0.717) is 4.99 Å². The minimum absolute atomic E-state index is 0.401. The van der Waals surface area contributed by atoms with Crippen LogP contribution in [-0.4, -0.2) is 26.3 Å². The van der Waals surface area contributed by atoms with Gasteiger partial charge in [-0.2, -0.15) is 5.10 Å². The van der Waals surface area contributed by atoms with E-state index in [2.05, 4.69) is 15.4 Å². The van der Waals surface area contributed by atoms with Crippen LogP contribution in [0.2, 0.25) is 0 Å². The molecule has 1 aromatic carbocycles. The lowest BCUT2D eigenvalue weighted by Crippen LogP contribution is -2.15. The zero-order chi connectivity index (χ0) is 13.8. The number of nitrogens with two attached hydrogens (primary N) is 1. The second-order valence-electron chi connectivity index (χ2n) is 4.42. The van der Waals surface area contributed by atoms with Crippen molar-refractivity contribution in [1.82, 2.24) is 14.8 Å². The number of hydrogen-bond acceptors (Lipinski definition) is 4. The van der Waals surface area contributed by atoms with Gasteiger partial charge in [-0.3, -0.25) is 4.68 Å². The molecule has 6 heteroatoms. The molecule has 0 aliphatic rings. The van der Waals surface area contributed by atoms with Crippen LogP contribution in [0.5, 0.6) is 0 Å². The van der Waals surface area contributed by atoms with Gasteiger partial charge < -0.3 is 11.1 Å². The topological polar surface area (TPSA) is 68.8 Å². The third-order valence-corrected chi connectivity index (χ3v) is 2.97. The van der Waals surface area contributed by atoms with E-state index in [1.165, 1.54) is 5.56 Å². The summed E-state index contributed by atoms with van der Waals surface area (Å²) in [4.78, 5) is 4.58. The third-order valence-electron chi connectivity index (χ3n) is 2.75. The van der Waals surface area contributed by atoms with E-state index < -0.39 is 0 Å². The van der Waals surface area contributed by atoms with Crippen LogP contribution in [0.1, 0.15) is 17.0 Å². The van der Waals surface area contributed by atoms with Crippen LogP contribution >= 0.6 is 12.2 Å². The summed E-state index contributed by atoms with van der Waals surface area (Å²) in [5, 5.41) is 7.57. The fourth-order valence-corrected chi connectivity index (χ4v) is 2.00. The summed E-state index contributed by atoms with van der Waals surface area (Å²) < 4.78 is 1.70. The predicted octanol–water partition coefficient (Wildman–Crippen LogP) is 1.41. The van der Waals surface area contributed by atoms with E-state index in [1.807, 2.05) is 32.2 Å². The van der Waals surface area contributed by atoms with Crippen molar-refractivity contribution in [2.45, 2.75) is 13.3 Å². The standard InChI is InChI=1S/C13H17N5S/c1-9-3-4-10(13(14)19)11(7-9)15-6-5-12-16-8-18(2)17-12/h3-4,7-8,15H,5-6H2,1-2H3,(H2,14,19). The maximum absolute atomic E-state index is 5.71. The van der Waals surface area contributed by atoms with Gasteiger partial charge in [-0.15, -0.1) is 0 Å². The van der Waals surface area contributed by atoms with Gasteiger partial charge in [0.15, 0.2) is 5.82 Å². The van der Waals surface area contributed by atoms with Crippen molar-refractivity contribution in [1.29, 1.82) is 0 Å². The van der Waals surface area contributed by atoms with Crippen LogP contribution in [0.3, 0.4) is 0 Å². The summed E-state index contributed by atoms with van der Waals surface area (Å²) in [6, 6.07) is 5.99. The Labute approximate surface area is 117 Å². The molecule has 0 amide bonds. The Morgan fingerprint density at radius 1 is 1.47 bits per heavy atom. The summed E-state index contributed by atoms with van der Waals surface area (Å²) in [7, 11) is 1.86. The van der Waals surface area contributed by atoms with Crippen molar-refractivity contribution in [3.05, 3.63) is 41.5 Å². The Hall–Kier alpha value is -1.95. The Bertz CT molecular complexity index is 590. The molecular formula is C13H17N5S. The van der Waals surface area contributed by atoms with Crippen LogP contribution in [0.15, 0.2) is 24.5 Å². The Balaban J connectivity index is 2.02. The van der Waals surface area contributed by atoms with E-state index in [4.69, 9.17) is 18.0 Å². The number of rotatable bonds is 5. The number of benzene rings is 1. The molecule has 5 nitrogen and oxygen atoms in total. The summed E-state index contributed by atoms with van der Waals surface area (Å²) in [6.07, 6.45) is 2.45. The molecule has 3 N–H and O–H groups in total. The fraction of sp³-hybridized carbons (Fsp3) is 0.308. The molecule has 1 heterocycles. The van der Waals surface area contributed by atoms with Gasteiger partial charge >= 0.3 is 0 Å². The summed E-state index contributed by atoms with van der Waals surface area (Å²) in [5.74, 6) is 0.819. The van der Waals surface area contributed by atoms with Crippen molar-refractivity contribution in [2.24, 2.45) is 12.8 Å². The highest BCUT2D eigenvalue weighted by atomic mass is 32.1. The summed E-state index contributed by atoms with van der Waals surface area (Å²) in [5.41, 5.74) is 8.71. The van der Waals surface area contributed by atoms with E-state index in [-0.39, 0.29) is 0 Å². The minimum Gasteiger partial charge on any atom is -0.389 e. The molecule has 2 rings (SSSR count). The first-order valence-corrected chi connectivity index (χ1v) is 6.46. The zero-order valence-corrected chi connectivity index (χ0v) is 11.9. The van der Waals surface area contributed by atoms with Gasteiger partial charge in [0.25, 0.3) is 0 Å². The monoisotopic (exact) mass is 275 g/mol. The maximum Gasteiger partial charge on any atom is 0.152 e. The van der Waals surface area contributed by atoms with Crippen LogP contribution in [0.4, 0.5) is 5.69 Å². The number of anilines is 1. The Kier molecular flexibility index (Phi) is 4.11. The molecule has 0 saturated carbocycles. The highest BCUT2D eigenvalue weighted by Crippen LogP contribution is 2.17.